The van der Waals surface area contributed by atoms with Gasteiger partial charge >= 0.3 is 0 Å². The number of rotatable bonds is 4. The second-order valence-corrected chi connectivity index (χ2v) is 11.1. The fraction of sp³-hybridized carbons (Fsp3) is 0.121. The molecule has 5 nitrogen and oxygen atoms in total. The smallest absolute Gasteiger partial charge is 0.238 e. The number of hydrogen-bond acceptors (Lipinski definition) is 4. The molecule has 3 heterocycles. The molecule has 4 aromatic rings. The lowest BCUT2D eigenvalue weighted by atomic mass is 9.64. The Morgan fingerprint density at radius 1 is 0.800 bits per heavy atom. The summed E-state index contributed by atoms with van der Waals surface area (Å²) < 4.78 is 0. The van der Waals surface area contributed by atoms with Gasteiger partial charge in [-0.15, -0.1) is 0 Å². The number of anilines is 2. The number of carbonyl (C=O) groups is 3. The third kappa shape index (κ3) is 3.38. The molecule has 3 aliphatic heterocycles. The Morgan fingerprint density at radius 2 is 1.50 bits per heavy atom. The van der Waals surface area contributed by atoms with Crippen molar-refractivity contribution in [2.75, 3.05) is 10.2 Å². The number of ketones is 2. The molecule has 0 saturated carbocycles. The van der Waals surface area contributed by atoms with Crippen LogP contribution >= 0.6 is 23.2 Å². The second kappa shape index (κ2) is 9.19. The van der Waals surface area contributed by atoms with Crippen LogP contribution in [0, 0.1) is 5.92 Å². The van der Waals surface area contributed by atoms with E-state index in [1.54, 1.807) is 48.5 Å². The molecule has 1 fully saturated rings. The Kier molecular flexibility index (Phi) is 5.70. The van der Waals surface area contributed by atoms with Gasteiger partial charge in [0.15, 0.2) is 11.6 Å². The van der Waals surface area contributed by atoms with E-state index in [0.717, 1.165) is 11.3 Å². The maximum absolute atomic E-state index is 14.7. The Morgan fingerprint density at radius 3 is 2.30 bits per heavy atom. The van der Waals surface area contributed by atoms with Gasteiger partial charge in [0, 0.05) is 27.5 Å². The predicted molar refractivity (Wildman–Crippen MR) is 157 cm³/mol. The summed E-state index contributed by atoms with van der Waals surface area (Å²) >= 11 is 12.7. The molecule has 1 saturated heterocycles. The van der Waals surface area contributed by atoms with Crippen molar-refractivity contribution in [3.63, 3.8) is 0 Å². The Hall–Kier alpha value is -4.19. The number of nitrogens with zero attached hydrogens (tertiary/aromatic N) is 1. The van der Waals surface area contributed by atoms with Gasteiger partial charge in [-0.25, -0.2) is 0 Å². The molecule has 0 aromatic heterocycles. The van der Waals surface area contributed by atoms with Crippen LogP contribution in [0.15, 0.2) is 103 Å². The van der Waals surface area contributed by atoms with Crippen molar-refractivity contribution in [3.05, 3.63) is 135 Å². The normalized spacial score (nSPS) is 23.9. The summed E-state index contributed by atoms with van der Waals surface area (Å²) in [4.78, 5) is 45.6. The summed E-state index contributed by atoms with van der Waals surface area (Å²) in [6.45, 7) is 0. The monoisotopic (exact) mass is 564 g/mol. The summed E-state index contributed by atoms with van der Waals surface area (Å²) in [6, 6.07) is 26.9. The molecule has 4 aromatic carbocycles. The van der Waals surface area contributed by atoms with Gasteiger partial charge in [0.05, 0.1) is 17.0 Å². The minimum absolute atomic E-state index is 0.291. The number of hydrogen-bond donors (Lipinski definition) is 1. The minimum Gasteiger partial charge on any atom is -0.352 e. The average Bonchev–Trinajstić information content (AvgIpc) is 3.45. The molecule has 7 rings (SSSR count). The van der Waals surface area contributed by atoms with Gasteiger partial charge in [0.2, 0.25) is 5.91 Å². The highest BCUT2D eigenvalue weighted by atomic mass is 35.5. The molecule has 1 amide bonds. The number of para-hydroxylation sites is 2. The molecule has 0 bridgehead atoms. The molecular formula is C33H22Cl2N2O3. The van der Waals surface area contributed by atoms with Crippen LogP contribution in [-0.4, -0.2) is 29.6 Å². The lowest BCUT2D eigenvalue weighted by molar-refractivity contribution is -0.121. The first-order valence-electron chi connectivity index (χ1n) is 13.0. The number of Topliss-reactive ketones (excluding diaryl/α,β-unsaturated/α-hetero) is 2. The van der Waals surface area contributed by atoms with Crippen LogP contribution in [0.3, 0.4) is 0 Å². The molecule has 1 spiro atoms. The van der Waals surface area contributed by atoms with Crippen molar-refractivity contribution in [3.8, 4) is 0 Å². The Labute approximate surface area is 241 Å². The van der Waals surface area contributed by atoms with Gasteiger partial charge < -0.3 is 10.2 Å². The second-order valence-electron chi connectivity index (χ2n) is 10.3. The van der Waals surface area contributed by atoms with Gasteiger partial charge in [-0.2, -0.15) is 0 Å². The maximum Gasteiger partial charge on any atom is 0.238 e. The minimum atomic E-state index is -1.38. The first kappa shape index (κ1) is 24.8. The molecule has 4 atom stereocenters. The van der Waals surface area contributed by atoms with Gasteiger partial charge in [-0.1, -0.05) is 83.9 Å². The van der Waals surface area contributed by atoms with E-state index < -0.39 is 23.4 Å². The first-order valence-corrected chi connectivity index (χ1v) is 13.7. The van der Waals surface area contributed by atoms with Crippen molar-refractivity contribution in [1.29, 1.82) is 0 Å². The Balaban J connectivity index is 1.55. The number of nitrogens with one attached hydrogen (secondary N) is 1. The quantitative estimate of drug-likeness (QED) is 0.275. The van der Waals surface area contributed by atoms with E-state index in [-0.39, 0.29) is 17.5 Å². The number of benzene rings is 4. The highest BCUT2D eigenvalue weighted by Gasteiger charge is 2.70. The maximum atomic E-state index is 14.7. The van der Waals surface area contributed by atoms with Crippen molar-refractivity contribution in [2.45, 2.75) is 17.5 Å². The third-order valence-electron chi connectivity index (χ3n) is 8.36. The predicted octanol–water partition coefficient (Wildman–Crippen LogP) is 6.85. The largest absolute Gasteiger partial charge is 0.352 e. The summed E-state index contributed by atoms with van der Waals surface area (Å²) in [5.74, 6) is -2.01. The van der Waals surface area contributed by atoms with E-state index in [2.05, 4.69) is 5.32 Å². The van der Waals surface area contributed by atoms with Crippen LogP contribution in [0.2, 0.25) is 10.0 Å². The van der Waals surface area contributed by atoms with Gasteiger partial charge in [-0.05, 0) is 59.7 Å². The lowest BCUT2D eigenvalue weighted by Crippen LogP contribution is -2.51. The molecule has 0 radical (unpaired) electrons. The zero-order valence-electron chi connectivity index (χ0n) is 21.1. The van der Waals surface area contributed by atoms with Crippen molar-refractivity contribution >= 4 is 58.1 Å². The average molecular weight is 565 g/mol. The zero-order valence-corrected chi connectivity index (χ0v) is 22.6. The zero-order chi connectivity index (χ0) is 27.6. The molecule has 0 unspecified atom stereocenters. The molecule has 196 valence electrons. The summed E-state index contributed by atoms with van der Waals surface area (Å²) in [7, 11) is 0. The van der Waals surface area contributed by atoms with Crippen LogP contribution < -0.4 is 10.2 Å². The van der Waals surface area contributed by atoms with E-state index in [0.29, 0.717) is 32.4 Å². The lowest BCUT2D eigenvalue weighted by Gasteiger charge is -2.37. The van der Waals surface area contributed by atoms with Crippen LogP contribution in [0.25, 0.3) is 6.08 Å². The fourth-order valence-electron chi connectivity index (χ4n) is 6.73. The third-order valence-corrected chi connectivity index (χ3v) is 8.94. The summed E-state index contributed by atoms with van der Waals surface area (Å²) in [5, 5.41) is 3.81. The standard InChI is InChI=1S/C33H22Cl2N2O3/c34-21-16-13-20(14-17-21)30(38)28-29(31(39)22-8-2-4-10-24(22)35)37-26-12-6-1-7-19(26)15-18-27(37)33(28)23-9-3-5-11-25(23)36-32(33)40/h1-18,27-29H,(H,36,40)/t27-,28+,29-,33+/m0/s1. The van der Waals surface area contributed by atoms with Gasteiger partial charge in [0.25, 0.3) is 0 Å². The first-order chi connectivity index (χ1) is 19.4. The van der Waals surface area contributed by atoms with Crippen molar-refractivity contribution in [2.24, 2.45) is 5.92 Å². The van der Waals surface area contributed by atoms with Crippen LogP contribution in [0.5, 0.6) is 0 Å². The Bertz CT molecular complexity index is 1750. The molecule has 1 N–H and O–H groups in total. The number of carbonyl (C=O) groups excluding carboxylic acids is 3. The summed E-state index contributed by atoms with van der Waals surface area (Å²) in [6.07, 6.45) is 3.92. The number of halogens is 2. The molecule has 3 aliphatic rings. The molecular weight excluding hydrogens is 543 g/mol. The van der Waals surface area contributed by atoms with E-state index >= 15 is 0 Å². The van der Waals surface area contributed by atoms with Crippen LogP contribution in [-0.2, 0) is 10.2 Å². The van der Waals surface area contributed by atoms with Gasteiger partial charge in [0.1, 0.15) is 11.5 Å². The molecule has 7 heteroatoms. The van der Waals surface area contributed by atoms with Crippen molar-refractivity contribution in [1.82, 2.24) is 0 Å². The SMILES string of the molecule is O=C(c1ccccc1Cl)[C@@H]1[C@H](C(=O)c2ccc(Cl)cc2)[C@]2(C(=O)Nc3ccccc32)[C@@H]2C=Cc3ccccc3N12. The van der Waals surface area contributed by atoms with Gasteiger partial charge in [-0.3, -0.25) is 14.4 Å². The highest BCUT2D eigenvalue weighted by molar-refractivity contribution is 6.34. The number of fused-ring (bicyclic) bond motifs is 6. The summed E-state index contributed by atoms with van der Waals surface area (Å²) in [5.41, 5.74) is 2.32. The van der Waals surface area contributed by atoms with E-state index in [9.17, 15) is 14.4 Å². The van der Waals surface area contributed by atoms with E-state index in [1.165, 1.54) is 0 Å². The topological polar surface area (TPSA) is 66.5 Å². The van der Waals surface area contributed by atoms with Crippen molar-refractivity contribution < 1.29 is 14.4 Å². The van der Waals surface area contributed by atoms with Crippen LogP contribution in [0.1, 0.15) is 31.8 Å². The molecule has 0 aliphatic carbocycles. The van der Waals surface area contributed by atoms with E-state index in [1.807, 2.05) is 65.6 Å². The number of amides is 1. The highest BCUT2D eigenvalue weighted by Crippen LogP contribution is 2.58. The fourth-order valence-corrected chi connectivity index (χ4v) is 7.09. The van der Waals surface area contributed by atoms with E-state index in [4.69, 9.17) is 23.2 Å². The molecule has 40 heavy (non-hydrogen) atoms. The van der Waals surface area contributed by atoms with Crippen LogP contribution in [0.4, 0.5) is 11.4 Å².